The summed E-state index contributed by atoms with van der Waals surface area (Å²) in [6, 6.07) is 8.94. The lowest BCUT2D eigenvalue weighted by Crippen LogP contribution is -2.27. The molecule has 0 fully saturated rings. The van der Waals surface area contributed by atoms with E-state index in [9.17, 15) is 18.0 Å². The van der Waals surface area contributed by atoms with Gasteiger partial charge < -0.3 is 4.57 Å². The normalized spacial score (nSPS) is 11.9. The first-order valence-corrected chi connectivity index (χ1v) is 9.52. The van der Waals surface area contributed by atoms with Gasteiger partial charge >= 0.3 is 6.18 Å². The molecule has 0 saturated carbocycles. The summed E-state index contributed by atoms with van der Waals surface area (Å²) < 4.78 is 41.5. The molecule has 0 unspecified atom stereocenters. The molecule has 2 aromatic heterocycles. The summed E-state index contributed by atoms with van der Waals surface area (Å²) in [4.78, 5) is 17.5. The van der Waals surface area contributed by atoms with Gasteiger partial charge in [0.15, 0.2) is 0 Å². The summed E-state index contributed by atoms with van der Waals surface area (Å²) in [5, 5.41) is 0.745. The van der Waals surface area contributed by atoms with Gasteiger partial charge in [0, 0.05) is 17.3 Å². The van der Waals surface area contributed by atoms with E-state index in [0.29, 0.717) is 30.2 Å². The van der Waals surface area contributed by atoms with E-state index in [-0.39, 0.29) is 5.56 Å². The Bertz CT molecular complexity index is 1020. The van der Waals surface area contributed by atoms with Crippen molar-refractivity contribution in [2.75, 3.05) is 0 Å². The molecule has 0 spiro atoms. The minimum absolute atomic E-state index is 0.266. The zero-order valence-corrected chi connectivity index (χ0v) is 16.0. The lowest BCUT2D eigenvalue weighted by molar-refractivity contribution is -0.137. The average molecular weight is 388 g/mol. The number of fused-ring (bicyclic) bond motifs is 1. The molecule has 1 aromatic carbocycles. The van der Waals surface area contributed by atoms with Crippen LogP contribution in [0.15, 0.2) is 47.4 Å². The van der Waals surface area contributed by atoms with Gasteiger partial charge in [0.2, 0.25) is 0 Å². The highest BCUT2D eigenvalue weighted by Gasteiger charge is 2.31. The Morgan fingerprint density at radius 3 is 2.36 bits per heavy atom. The number of alkyl halides is 3. The zero-order valence-electron chi connectivity index (χ0n) is 16.0. The second-order valence-electron chi connectivity index (χ2n) is 6.90. The fraction of sp³-hybridized carbons (Fsp3) is 0.364. The topological polar surface area (TPSA) is 34.9 Å². The minimum Gasteiger partial charge on any atom is -0.306 e. The Kier molecular flexibility index (Phi) is 5.87. The van der Waals surface area contributed by atoms with Gasteiger partial charge in [-0.05, 0) is 54.1 Å². The fourth-order valence-corrected chi connectivity index (χ4v) is 3.62. The highest BCUT2D eigenvalue weighted by atomic mass is 19.4. The molecule has 0 aliphatic rings. The molecule has 148 valence electrons. The van der Waals surface area contributed by atoms with Crippen LogP contribution in [0.2, 0.25) is 0 Å². The number of hydrogen-bond donors (Lipinski definition) is 0. The van der Waals surface area contributed by atoms with Crippen molar-refractivity contribution in [3.05, 3.63) is 75.5 Å². The Hall–Kier alpha value is -2.63. The minimum atomic E-state index is -4.44. The van der Waals surface area contributed by atoms with Gasteiger partial charge in [-0.2, -0.15) is 13.2 Å². The Morgan fingerprint density at radius 1 is 1.00 bits per heavy atom. The maximum atomic E-state index is 13.3. The molecule has 0 aliphatic heterocycles. The quantitative estimate of drug-likeness (QED) is 0.569. The zero-order chi connectivity index (χ0) is 20.3. The largest absolute Gasteiger partial charge is 0.416 e. The van der Waals surface area contributed by atoms with Crippen LogP contribution in [-0.4, -0.2) is 9.55 Å². The molecule has 2 heterocycles. The van der Waals surface area contributed by atoms with Crippen molar-refractivity contribution in [2.24, 2.45) is 0 Å². The van der Waals surface area contributed by atoms with E-state index in [1.54, 1.807) is 16.8 Å². The van der Waals surface area contributed by atoms with E-state index in [1.807, 2.05) is 26.0 Å². The van der Waals surface area contributed by atoms with Gasteiger partial charge in [0.25, 0.3) is 5.56 Å². The van der Waals surface area contributed by atoms with Crippen molar-refractivity contribution in [3.63, 3.8) is 0 Å². The predicted molar refractivity (Wildman–Crippen MR) is 105 cm³/mol. The third-order valence-corrected chi connectivity index (χ3v) is 4.85. The van der Waals surface area contributed by atoms with Crippen LogP contribution in [0.4, 0.5) is 13.2 Å². The number of rotatable bonds is 6. The number of nitrogens with zero attached hydrogens (tertiary/aromatic N) is 2. The van der Waals surface area contributed by atoms with Gasteiger partial charge in [-0.15, -0.1) is 0 Å². The van der Waals surface area contributed by atoms with E-state index in [4.69, 9.17) is 0 Å². The van der Waals surface area contributed by atoms with Crippen molar-refractivity contribution in [2.45, 2.75) is 52.3 Å². The predicted octanol–water partition coefficient (Wildman–Crippen LogP) is 5.37. The van der Waals surface area contributed by atoms with Crippen LogP contribution in [0.5, 0.6) is 0 Å². The molecule has 0 bridgehead atoms. The number of hydrogen-bond acceptors (Lipinski definition) is 2. The molecule has 6 heteroatoms. The molecular weight excluding hydrogens is 365 g/mol. The highest BCUT2D eigenvalue weighted by molar-refractivity contribution is 5.86. The number of aromatic nitrogens is 2. The smallest absolute Gasteiger partial charge is 0.306 e. The lowest BCUT2D eigenvalue weighted by Gasteiger charge is -2.20. The fourth-order valence-electron chi connectivity index (χ4n) is 3.62. The molecule has 3 rings (SSSR count). The van der Waals surface area contributed by atoms with Crippen molar-refractivity contribution >= 4 is 10.8 Å². The summed E-state index contributed by atoms with van der Waals surface area (Å²) >= 11 is 0. The molecule has 0 atom stereocenters. The van der Waals surface area contributed by atoms with Crippen LogP contribution < -0.4 is 5.56 Å². The summed E-state index contributed by atoms with van der Waals surface area (Å²) in [5.41, 5.74) is 1.41. The molecule has 0 amide bonds. The van der Waals surface area contributed by atoms with Crippen LogP contribution in [0.3, 0.4) is 0 Å². The van der Waals surface area contributed by atoms with Crippen LogP contribution in [-0.2, 0) is 25.6 Å². The van der Waals surface area contributed by atoms with Crippen molar-refractivity contribution in [1.29, 1.82) is 0 Å². The van der Waals surface area contributed by atoms with E-state index >= 15 is 0 Å². The van der Waals surface area contributed by atoms with Gasteiger partial charge in [-0.1, -0.05) is 32.8 Å². The molecule has 3 nitrogen and oxygen atoms in total. The van der Waals surface area contributed by atoms with Crippen molar-refractivity contribution in [1.82, 2.24) is 9.55 Å². The molecule has 0 N–H and O–H groups in total. The SMILES string of the molecule is CCCc1c(CCC)n(Cc2ccccn2)c(=O)c2ccc(C(F)(F)F)cc12. The molecule has 0 radical (unpaired) electrons. The molecule has 0 aliphatic carbocycles. The first-order valence-electron chi connectivity index (χ1n) is 9.52. The van der Waals surface area contributed by atoms with Crippen molar-refractivity contribution in [3.8, 4) is 0 Å². The molecule has 28 heavy (non-hydrogen) atoms. The summed E-state index contributed by atoms with van der Waals surface area (Å²) in [6.45, 7) is 4.30. The van der Waals surface area contributed by atoms with Gasteiger partial charge in [0.05, 0.1) is 17.8 Å². The number of pyridine rings is 2. The standard InChI is InChI=1S/C22H23F3N2O/c1-3-7-17-19-13-15(22(23,24)25)10-11-18(19)21(28)27(20(17)8-4-2)14-16-9-5-6-12-26-16/h5-6,9-13H,3-4,7-8,14H2,1-2H3. The second kappa shape index (κ2) is 8.17. The second-order valence-corrected chi connectivity index (χ2v) is 6.90. The highest BCUT2D eigenvalue weighted by Crippen LogP contribution is 2.33. The molecule has 3 aromatic rings. The van der Waals surface area contributed by atoms with Crippen LogP contribution in [0.1, 0.15) is 49.2 Å². The van der Waals surface area contributed by atoms with Crippen LogP contribution >= 0.6 is 0 Å². The van der Waals surface area contributed by atoms with E-state index in [1.165, 1.54) is 6.07 Å². The van der Waals surface area contributed by atoms with E-state index in [2.05, 4.69) is 4.98 Å². The van der Waals surface area contributed by atoms with Gasteiger partial charge in [-0.3, -0.25) is 9.78 Å². The first kappa shape index (κ1) is 20.1. The van der Waals surface area contributed by atoms with E-state index < -0.39 is 11.7 Å². The monoisotopic (exact) mass is 388 g/mol. The molecule has 0 saturated heterocycles. The summed E-state index contributed by atoms with van der Waals surface area (Å²) in [6.07, 6.45) is 0.0564. The van der Waals surface area contributed by atoms with Gasteiger partial charge in [-0.25, -0.2) is 0 Å². The Labute approximate surface area is 161 Å². The van der Waals surface area contributed by atoms with Gasteiger partial charge in [0.1, 0.15) is 0 Å². The maximum absolute atomic E-state index is 13.3. The maximum Gasteiger partial charge on any atom is 0.416 e. The summed E-state index contributed by atoms with van der Waals surface area (Å²) in [7, 11) is 0. The number of halogens is 3. The Balaban J connectivity index is 2.32. The summed E-state index contributed by atoms with van der Waals surface area (Å²) in [5.74, 6) is 0. The van der Waals surface area contributed by atoms with Crippen molar-refractivity contribution < 1.29 is 13.2 Å². The van der Waals surface area contributed by atoms with Crippen LogP contribution in [0.25, 0.3) is 10.8 Å². The Morgan fingerprint density at radius 2 is 1.75 bits per heavy atom. The lowest BCUT2D eigenvalue weighted by atomic mass is 9.96. The van der Waals surface area contributed by atoms with E-state index in [0.717, 1.165) is 41.9 Å². The number of benzene rings is 1. The molecular formula is C22H23F3N2O. The first-order chi connectivity index (χ1) is 13.4. The third-order valence-electron chi connectivity index (χ3n) is 4.85. The van der Waals surface area contributed by atoms with Crippen LogP contribution in [0, 0.1) is 0 Å². The average Bonchev–Trinajstić information content (AvgIpc) is 2.67. The number of aryl methyl sites for hydroxylation is 1. The third kappa shape index (κ3) is 3.96.